The van der Waals surface area contributed by atoms with E-state index >= 15 is 0 Å². The molecule has 20 heavy (non-hydrogen) atoms. The fourth-order valence-corrected chi connectivity index (χ4v) is 1.67. The number of carbonyl (C=O) groups is 2. The van der Waals surface area contributed by atoms with Crippen molar-refractivity contribution in [2.45, 2.75) is 13.0 Å². The third-order valence-corrected chi connectivity index (χ3v) is 2.63. The summed E-state index contributed by atoms with van der Waals surface area (Å²) in [7, 11) is 0. The van der Waals surface area contributed by atoms with Gasteiger partial charge in [-0.1, -0.05) is 6.07 Å². The van der Waals surface area contributed by atoms with Crippen LogP contribution < -0.4 is 5.32 Å². The Hall–Kier alpha value is -2.70. The SMILES string of the molecule is O=C(Cc1cccnc1)NCCn1cnc(C(=O)O)c1. The molecule has 2 N–H and O–H groups in total. The molecule has 0 spiro atoms. The minimum Gasteiger partial charge on any atom is -0.476 e. The highest BCUT2D eigenvalue weighted by Crippen LogP contribution is 1.97. The molecule has 0 radical (unpaired) electrons. The minimum atomic E-state index is -1.07. The molecule has 0 aromatic carbocycles. The third-order valence-electron chi connectivity index (χ3n) is 2.63. The topological polar surface area (TPSA) is 97.1 Å². The molecule has 0 fully saturated rings. The monoisotopic (exact) mass is 274 g/mol. The number of carboxylic acids is 1. The van der Waals surface area contributed by atoms with Crippen LogP contribution in [-0.2, 0) is 17.8 Å². The highest BCUT2D eigenvalue weighted by atomic mass is 16.4. The van der Waals surface area contributed by atoms with Crippen molar-refractivity contribution in [3.8, 4) is 0 Å². The Bertz CT molecular complexity index is 595. The van der Waals surface area contributed by atoms with Gasteiger partial charge < -0.3 is 15.0 Å². The fourth-order valence-electron chi connectivity index (χ4n) is 1.67. The molecule has 7 nitrogen and oxygen atoms in total. The Kier molecular flexibility index (Phi) is 4.43. The Balaban J connectivity index is 1.75. The second-order valence-corrected chi connectivity index (χ2v) is 4.19. The van der Waals surface area contributed by atoms with Crippen LogP contribution in [0.2, 0.25) is 0 Å². The van der Waals surface area contributed by atoms with Gasteiger partial charge in [-0.2, -0.15) is 0 Å². The number of hydrogen-bond donors (Lipinski definition) is 2. The van der Waals surface area contributed by atoms with Crippen LogP contribution in [0, 0.1) is 0 Å². The largest absolute Gasteiger partial charge is 0.476 e. The first-order chi connectivity index (χ1) is 9.65. The van der Waals surface area contributed by atoms with Gasteiger partial charge in [-0.3, -0.25) is 9.78 Å². The molecule has 7 heteroatoms. The van der Waals surface area contributed by atoms with Crippen molar-refractivity contribution in [1.29, 1.82) is 0 Å². The summed E-state index contributed by atoms with van der Waals surface area (Å²) in [5, 5.41) is 11.5. The van der Waals surface area contributed by atoms with Crippen molar-refractivity contribution in [3.05, 3.63) is 48.3 Å². The highest BCUT2D eigenvalue weighted by molar-refractivity contribution is 5.84. The first kappa shape index (κ1) is 13.7. The van der Waals surface area contributed by atoms with Crippen molar-refractivity contribution in [1.82, 2.24) is 19.9 Å². The molecule has 0 aliphatic rings. The molecular weight excluding hydrogens is 260 g/mol. The van der Waals surface area contributed by atoms with Gasteiger partial charge in [0.2, 0.25) is 5.91 Å². The zero-order valence-electron chi connectivity index (χ0n) is 10.7. The number of rotatable bonds is 6. The van der Waals surface area contributed by atoms with Gasteiger partial charge in [0.25, 0.3) is 0 Å². The van der Waals surface area contributed by atoms with Crippen LogP contribution in [0.4, 0.5) is 0 Å². The summed E-state index contributed by atoms with van der Waals surface area (Å²) < 4.78 is 1.62. The molecule has 0 unspecified atom stereocenters. The van der Waals surface area contributed by atoms with E-state index in [0.717, 1.165) is 5.56 Å². The average molecular weight is 274 g/mol. The maximum absolute atomic E-state index is 11.7. The van der Waals surface area contributed by atoms with Gasteiger partial charge in [0.05, 0.1) is 12.7 Å². The van der Waals surface area contributed by atoms with E-state index in [4.69, 9.17) is 5.11 Å². The van der Waals surface area contributed by atoms with Crippen molar-refractivity contribution in [2.24, 2.45) is 0 Å². The Morgan fingerprint density at radius 1 is 1.40 bits per heavy atom. The number of hydrogen-bond acceptors (Lipinski definition) is 4. The maximum atomic E-state index is 11.7. The van der Waals surface area contributed by atoms with Crippen LogP contribution in [0.3, 0.4) is 0 Å². The van der Waals surface area contributed by atoms with Crippen LogP contribution in [-0.4, -0.2) is 38.1 Å². The Morgan fingerprint density at radius 3 is 2.90 bits per heavy atom. The van der Waals surface area contributed by atoms with E-state index in [1.165, 1.54) is 12.5 Å². The maximum Gasteiger partial charge on any atom is 0.356 e. The fraction of sp³-hybridized carbons (Fsp3) is 0.231. The van der Waals surface area contributed by atoms with E-state index in [1.807, 2.05) is 6.07 Å². The van der Waals surface area contributed by atoms with Gasteiger partial charge in [0, 0.05) is 31.7 Å². The number of imidazole rings is 1. The lowest BCUT2D eigenvalue weighted by atomic mass is 10.2. The molecule has 2 aromatic rings. The lowest BCUT2D eigenvalue weighted by Crippen LogP contribution is -2.28. The first-order valence-electron chi connectivity index (χ1n) is 6.06. The number of carbonyl (C=O) groups excluding carboxylic acids is 1. The number of amides is 1. The van der Waals surface area contributed by atoms with Crippen LogP contribution in [0.15, 0.2) is 37.1 Å². The average Bonchev–Trinajstić information content (AvgIpc) is 2.89. The van der Waals surface area contributed by atoms with E-state index < -0.39 is 5.97 Å². The summed E-state index contributed by atoms with van der Waals surface area (Å²) in [4.78, 5) is 30.0. The quantitative estimate of drug-likeness (QED) is 0.791. The second-order valence-electron chi connectivity index (χ2n) is 4.19. The van der Waals surface area contributed by atoms with Crippen LogP contribution >= 0.6 is 0 Å². The predicted octanol–water partition coefficient (Wildman–Crippen LogP) is 0.335. The zero-order chi connectivity index (χ0) is 14.4. The summed E-state index contributed by atoms with van der Waals surface area (Å²) in [5.74, 6) is -1.17. The molecule has 0 aliphatic carbocycles. The van der Waals surface area contributed by atoms with Crippen molar-refractivity contribution >= 4 is 11.9 Å². The highest BCUT2D eigenvalue weighted by Gasteiger charge is 2.06. The number of pyridine rings is 1. The molecule has 0 saturated heterocycles. The number of nitrogens with one attached hydrogen (secondary N) is 1. The van der Waals surface area contributed by atoms with Gasteiger partial charge in [-0.25, -0.2) is 9.78 Å². The zero-order valence-corrected chi connectivity index (χ0v) is 10.7. The minimum absolute atomic E-state index is 0.00770. The molecule has 2 heterocycles. The first-order valence-corrected chi connectivity index (χ1v) is 6.06. The summed E-state index contributed by atoms with van der Waals surface area (Å²) in [6.45, 7) is 0.883. The van der Waals surface area contributed by atoms with Gasteiger partial charge in [0.1, 0.15) is 0 Å². The molecule has 104 valence electrons. The van der Waals surface area contributed by atoms with Crippen LogP contribution in [0.1, 0.15) is 16.1 Å². The molecule has 2 aromatic heterocycles. The summed E-state index contributed by atoms with van der Waals surface area (Å²) in [6.07, 6.45) is 6.43. The number of aromatic carboxylic acids is 1. The third kappa shape index (κ3) is 3.91. The Morgan fingerprint density at radius 2 is 2.25 bits per heavy atom. The van der Waals surface area contributed by atoms with Gasteiger partial charge >= 0.3 is 5.97 Å². The van der Waals surface area contributed by atoms with Crippen molar-refractivity contribution < 1.29 is 14.7 Å². The van der Waals surface area contributed by atoms with E-state index in [-0.39, 0.29) is 18.0 Å². The molecule has 0 bridgehead atoms. The van der Waals surface area contributed by atoms with Gasteiger partial charge in [-0.15, -0.1) is 0 Å². The molecule has 0 saturated carbocycles. The van der Waals surface area contributed by atoms with Crippen LogP contribution in [0.25, 0.3) is 0 Å². The summed E-state index contributed by atoms with van der Waals surface area (Å²) >= 11 is 0. The summed E-state index contributed by atoms with van der Waals surface area (Å²) in [5.41, 5.74) is 0.840. The standard InChI is InChI=1S/C13H14N4O3/c18-12(6-10-2-1-3-14-7-10)15-4-5-17-8-11(13(19)20)16-9-17/h1-3,7-9H,4-6H2,(H,15,18)(H,19,20). The molecular formula is C13H14N4O3. The lowest BCUT2D eigenvalue weighted by molar-refractivity contribution is -0.120. The number of nitrogens with zero attached hydrogens (tertiary/aromatic N) is 3. The Labute approximate surface area is 115 Å². The normalized spacial score (nSPS) is 10.2. The van der Waals surface area contributed by atoms with Gasteiger partial charge in [-0.05, 0) is 11.6 Å². The van der Waals surface area contributed by atoms with E-state index in [2.05, 4.69) is 15.3 Å². The molecule has 0 atom stereocenters. The smallest absolute Gasteiger partial charge is 0.356 e. The number of aromatic nitrogens is 3. The molecule has 0 aliphatic heterocycles. The molecule has 1 amide bonds. The second kappa shape index (κ2) is 6.46. The molecule has 2 rings (SSSR count). The lowest BCUT2D eigenvalue weighted by Gasteiger charge is -2.05. The van der Waals surface area contributed by atoms with Crippen LogP contribution in [0.5, 0.6) is 0 Å². The van der Waals surface area contributed by atoms with Gasteiger partial charge in [0.15, 0.2) is 5.69 Å². The van der Waals surface area contributed by atoms with E-state index in [0.29, 0.717) is 13.1 Å². The summed E-state index contributed by atoms with van der Waals surface area (Å²) in [6, 6.07) is 3.61. The van der Waals surface area contributed by atoms with Crippen molar-refractivity contribution in [2.75, 3.05) is 6.54 Å². The van der Waals surface area contributed by atoms with E-state index in [1.54, 1.807) is 23.0 Å². The number of carboxylic acid groups (broad SMARTS) is 1. The van der Waals surface area contributed by atoms with E-state index in [9.17, 15) is 9.59 Å². The van der Waals surface area contributed by atoms with Crippen molar-refractivity contribution in [3.63, 3.8) is 0 Å². The predicted molar refractivity (Wildman–Crippen MR) is 70.1 cm³/mol.